The highest BCUT2D eigenvalue weighted by molar-refractivity contribution is 6.31. The number of fused-ring (bicyclic) bond motifs is 5. The molecule has 0 bridgehead atoms. The molecule has 0 N–H and O–H groups in total. The van der Waals surface area contributed by atoms with Crippen molar-refractivity contribution in [1.82, 2.24) is 0 Å². The Balaban J connectivity index is 0.000000167. The van der Waals surface area contributed by atoms with Crippen LogP contribution in [0.3, 0.4) is 0 Å². The van der Waals surface area contributed by atoms with Crippen LogP contribution in [0, 0.1) is 151 Å². The molecule has 0 spiro atoms. The maximum atomic E-state index is 12.2. The Labute approximate surface area is 496 Å². The molecule has 0 heterocycles. The molecule has 5 aliphatic rings. The Morgan fingerprint density at radius 2 is 0.747 bits per heavy atom. The van der Waals surface area contributed by atoms with Crippen LogP contribution >= 0.6 is 11.6 Å². The third-order valence-corrected chi connectivity index (χ3v) is 17.2. The Kier molecular flexibility index (Phi) is 22.2. The van der Waals surface area contributed by atoms with Gasteiger partial charge in [-0.1, -0.05) is 106 Å². The zero-order valence-electron chi connectivity index (χ0n) is 48.5. The Morgan fingerprint density at radius 3 is 1.06 bits per heavy atom. The highest BCUT2D eigenvalue weighted by atomic mass is 35.5. The molecule has 5 aromatic carbocycles. The third kappa shape index (κ3) is 15.1. The molecule has 10 heteroatoms. The van der Waals surface area contributed by atoms with Crippen LogP contribution in [-0.2, 0) is 32.1 Å². The van der Waals surface area contributed by atoms with Crippen LogP contribution in [0.4, 0.5) is 11.4 Å². The molecule has 9 nitrogen and oxygen atoms in total. The lowest BCUT2D eigenvalue weighted by Gasteiger charge is -2.14. The number of benzene rings is 5. The summed E-state index contributed by atoms with van der Waals surface area (Å²) in [4.78, 5) is 74.5. The number of Topliss-reactive ketones (excluding diaryl/α,β-unsaturated/α-hetero) is 5. The molecule has 0 radical (unpaired) electrons. The average molecular weight is 1120 g/mol. The van der Waals surface area contributed by atoms with Gasteiger partial charge in [-0.15, -0.1) is 61.7 Å². The van der Waals surface area contributed by atoms with Gasteiger partial charge < -0.3 is 0 Å². The lowest BCUT2D eigenvalue weighted by atomic mass is 9.88. The van der Waals surface area contributed by atoms with Crippen molar-refractivity contribution < 1.29 is 28.9 Å². The molecule has 10 unspecified atom stereocenters. The molecule has 0 saturated carbocycles. The maximum Gasteiger partial charge on any atom is 0.270 e. The smallest absolute Gasteiger partial charge is 0.270 e. The van der Waals surface area contributed by atoms with Crippen molar-refractivity contribution in [1.29, 1.82) is 0 Å². The van der Waals surface area contributed by atoms with Crippen LogP contribution in [0.2, 0.25) is 5.02 Å². The molecule has 10 atom stereocenters. The first-order valence-electron chi connectivity index (χ1n) is 28.2. The summed E-state index contributed by atoms with van der Waals surface area (Å²) < 4.78 is 0. The van der Waals surface area contributed by atoms with Crippen LogP contribution in [0.5, 0.6) is 0 Å². The standard InChI is InChI=1S/C15H13NO.2C15H16O.C14H13ClO.C14H13NO3/c1-4-5-10(2)13-8-11-6-7-12(16-3)9-14(11)15(13)17;2*1-4-5-11(3)13-9-12-7-6-10(2)8-14(12)15(13)16;1-3-4-9(2)12-7-10-5-6-11(15)8-13(10)14(12)16;1-3-4-9(2)12-7-10-5-6-11(15(17)18)8-13(10)14(12)16/h1,6-7,9-10,13H,5,8H2,2H3;2*1,6-8,11,13H,5,9H2,2-3H3;1,5-6,8-9,12H,4,7H2,2H3;1,5-6,8-9,12H,4,7H2,2H3. The number of non-ortho nitro benzene ring substituents is 1. The molecular formula is C73H71ClN2O7. The van der Waals surface area contributed by atoms with Gasteiger partial charge in [-0.25, -0.2) is 4.85 Å². The molecule has 0 saturated heterocycles. The molecule has 0 aliphatic heterocycles. The van der Waals surface area contributed by atoms with E-state index in [1.165, 1.54) is 23.3 Å². The van der Waals surface area contributed by atoms with E-state index in [2.05, 4.69) is 72.6 Å². The number of carbonyl (C=O) groups is 5. The molecule has 83 heavy (non-hydrogen) atoms. The van der Waals surface area contributed by atoms with Gasteiger partial charge in [0.25, 0.3) is 5.69 Å². The summed E-state index contributed by atoms with van der Waals surface area (Å²) in [5, 5.41) is 11.3. The van der Waals surface area contributed by atoms with E-state index >= 15 is 0 Å². The number of aryl methyl sites for hydroxylation is 2. The van der Waals surface area contributed by atoms with Crippen molar-refractivity contribution in [3.05, 3.63) is 184 Å². The number of carbonyl (C=O) groups excluding carboxylic acids is 5. The number of rotatable bonds is 11. The van der Waals surface area contributed by atoms with E-state index in [0.717, 1.165) is 70.2 Å². The predicted octanol–water partition coefficient (Wildman–Crippen LogP) is 15.2. The number of nitro benzene ring substituents is 1. The Bertz CT molecular complexity index is 3390. The van der Waals surface area contributed by atoms with E-state index in [-0.39, 0.29) is 93.8 Å². The largest absolute Gasteiger partial charge is 0.294 e. The van der Waals surface area contributed by atoms with Gasteiger partial charge >= 0.3 is 0 Å². The van der Waals surface area contributed by atoms with E-state index < -0.39 is 4.92 Å². The van der Waals surface area contributed by atoms with E-state index in [4.69, 9.17) is 50.3 Å². The maximum absolute atomic E-state index is 12.2. The van der Waals surface area contributed by atoms with Gasteiger partial charge in [0, 0.05) is 107 Å². The zero-order chi connectivity index (χ0) is 60.8. The van der Waals surface area contributed by atoms with Gasteiger partial charge in [0.2, 0.25) is 0 Å². The number of ketones is 5. The fourth-order valence-electron chi connectivity index (χ4n) is 11.9. The van der Waals surface area contributed by atoms with Crippen LogP contribution in [0.1, 0.15) is 157 Å². The average Bonchev–Trinajstić information content (AvgIpc) is 4.35. The van der Waals surface area contributed by atoms with Crippen molar-refractivity contribution in [2.24, 2.45) is 59.2 Å². The van der Waals surface area contributed by atoms with Crippen molar-refractivity contribution in [2.75, 3.05) is 0 Å². The number of nitrogens with zero attached hydrogens (tertiary/aromatic N) is 2. The Hall–Kier alpha value is -8.57. The van der Waals surface area contributed by atoms with Gasteiger partial charge in [0.05, 0.1) is 11.5 Å². The summed E-state index contributed by atoms with van der Waals surface area (Å²) in [5.74, 6) is 15.2. The molecule has 422 valence electrons. The van der Waals surface area contributed by atoms with Crippen molar-refractivity contribution in [3.63, 3.8) is 0 Å². The van der Waals surface area contributed by atoms with Crippen LogP contribution in [0.25, 0.3) is 4.85 Å². The summed E-state index contributed by atoms with van der Waals surface area (Å²) in [5.41, 5.74) is 12.0. The highest BCUT2D eigenvalue weighted by Gasteiger charge is 2.38. The van der Waals surface area contributed by atoms with Crippen molar-refractivity contribution in [2.45, 2.75) is 113 Å². The molecule has 0 fully saturated rings. The van der Waals surface area contributed by atoms with Gasteiger partial charge in [-0.3, -0.25) is 34.1 Å². The number of hydrogen-bond acceptors (Lipinski definition) is 7. The zero-order valence-corrected chi connectivity index (χ0v) is 49.3. The minimum Gasteiger partial charge on any atom is -0.294 e. The normalized spacial score (nSPS) is 19.8. The van der Waals surface area contributed by atoms with Gasteiger partial charge in [-0.2, -0.15) is 0 Å². The minimum atomic E-state index is -0.480. The number of halogens is 1. The monoisotopic (exact) mass is 1120 g/mol. The second-order valence-electron chi connectivity index (χ2n) is 23.0. The number of nitro groups is 1. The second kappa shape index (κ2) is 28.9. The topological polar surface area (TPSA) is 133 Å². The summed E-state index contributed by atoms with van der Waals surface area (Å²) >= 11 is 5.89. The van der Waals surface area contributed by atoms with Crippen LogP contribution in [0.15, 0.2) is 91.0 Å². The van der Waals surface area contributed by atoms with Crippen molar-refractivity contribution >= 4 is 51.9 Å². The quantitative estimate of drug-likeness (QED) is 0.0557. The summed E-state index contributed by atoms with van der Waals surface area (Å²) in [6.45, 7) is 21.1. The fraction of sp³-hybridized carbons (Fsp3) is 0.370. The summed E-state index contributed by atoms with van der Waals surface area (Å²) in [6, 6.07) is 27.7. The second-order valence-corrected chi connectivity index (χ2v) is 23.4. The lowest BCUT2D eigenvalue weighted by molar-refractivity contribution is -0.384. The summed E-state index contributed by atoms with van der Waals surface area (Å²) in [7, 11) is 0. The lowest BCUT2D eigenvalue weighted by Crippen LogP contribution is -2.17. The van der Waals surface area contributed by atoms with E-state index in [1.807, 2.05) is 65.0 Å². The van der Waals surface area contributed by atoms with Crippen LogP contribution in [-0.4, -0.2) is 33.8 Å². The molecule has 0 amide bonds. The number of hydrogen-bond donors (Lipinski definition) is 0. The number of terminal acetylenes is 5. The third-order valence-electron chi connectivity index (χ3n) is 17.0. The van der Waals surface area contributed by atoms with E-state index in [9.17, 15) is 34.1 Å². The van der Waals surface area contributed by atoms with Gasteiger partial charge in [0.15, 0.2) is 34.6 Å². The van der Waals surface area contributed by atoms with Crippen LogP contribution < -0.4 is 0 Å². The Morgan fingerprint density at radius 1 is 0.470 bits per heavy atom. The first kappa shape index (κ1) is 63.6. The first-order chi connectivity index (χ1) is 39.6. The van der Waals surface area contributed by atoms with Gasteiger partial charge in [0.1, 0.15) is 0 Å². The predicted molar refractivity (Wildman–Crippen MR) is 330 cm³/mol. The van der Waals surface area contributed by atoms with Crippen molar-refractivity contribution in [3.8, 4) is 61.7 Å². The fourth-order valence-corrected chi connectivity index (χ4v) is 12.0. The summed E-state index contributed by atoms with van der Waals surface area (Å²) in [6.07, 6.45) is 33.6. The minimum absolute atomic E-state index is 0.0120. The molecular weight excluding hydrogens is 1050 g/mol. The van der Waals surface area contributed by atoms with Gasteiger partial charge in [-0.05, 0) is 134 Å². The molecule has 5 aliphatic carbocycles. The molecule has 10 rings (SSSR count). The first-order valence-corrected chi connectivity index (χ1v) is 28.6. The SMILES string of the molecule is C#CCC(C)C1Cc2ccc(C)cc2C1=O.C#CCC(C)C1Cc2ccc(C)cc2C1=O.C#CCC(C)C1Cc2ccc(Cl)cc2C1=O.C#CCC(C)C1Cc2ccc([N+](=O)[O-])cc2C1=O.[C-]#[N+]c1ccc2c(c1)C(=O)C(C(C)CC#C)C2. The molecule has 5 aromatic rings. The van der Waals surface area contributed by atoms with E-state index in [1.54, 1.807) is 24.3 Å². The highest BCUT2D eigenvalue weighted by Crippen LogP contribution is 2.39. The molecule has 0 aromatic heterocycles. The van der Waals surface area contributed by atoms with E-state index in [0.29, 0.717) is 60.4 Å².